The molecule has 0 spiro atoms. The molecule has 1 unspecified atom stereocenters. The van der Waals surface area contributed by atoms with Crippen LogP contribution in [0.3, 0.4) is 0 Å². The molecule has 17 heavy (non-hydrogen) atoms. The van der Waals surface area contributed by atoms with Gasteiger partial charge in [-0.05, 0) is 19.1 Å². The maximum Gasteiger partial charge on any atom is 0.141 e. The van der Waals surface area contributed by atoms with Crippen molar-refractivity contribution >= 4 is 5.69 Å². The zero-order valence-corrected chi connectivity index (χ0v) is 10.3. The lowest BCUT2D eigenvalue weighted by Crippen LogP contribution is -2.06. The maximum absolute atomic E-state index is 5.30. The Bertz CT molecular complexity index is 493. The van der Waals surface area contributed by atoms with Gasteiger partial charge in [-0.15, -0.1) is 0 Å². The molecule has 0 saturated carbocycles. The molecule has 1 atom stereocenters. The Labute approximate surface area is 101 Å². The molecule has 4 heteroatoms. The molecular formula is C13H17N3O. The fraction of sp³-hybridized carbons (Fsp3) is 0.308. The number of aryl methyl sites for hydroxylation is 1. The molecule has 1 N–H and O–H groups in total. The van der Waals surface area contributed by atoms with E-state index in [-0.39, 0.29) is 6.04 Å². The standard InChI is InChI=1S/C13H17N3O/c1-10(11-8-14-16(2)9-11)15-12-6-4-5-7-13(12)17-3/h4-10,15H,1-3H3. The number of hydrogen-bond acceptors (Lipinski definition) is 3. The van der Waals surface area contributed by atoms with Crippen molar-refractivity contribution in [1.82, 2.24) is 9.78 Å². The van der Waals surface area contributed by atoms with Crippen LogP contribution in [-0.4, -0.2) is 16.9 Å². The fourth-order valence-electron chi connectivity index (χ4n) is 1.74. The van der Waals surface area contributed by atoms with E-state index in [1.54, 1.807) is 11.8 Å². The van der Waals surface area contributed by atoms with Gasteiger partial charge in [-0.3, -0.25) is 4.68 Å². The van der Waals surface area contributed by atoms with Crippen molar-refractivity contribution in [2.24, 2.45) is 7.05 Å². The van der Waals surface area contributed by atoms with Crippen LogP contribution in [0.25, 0.3) is 0 Å². The van der Waals surface area contributed by atoms with Crippen LogP contribution in [0.1, 0.15) is 18.5 Å². The van der Waals surface area contributed by atoms with Crippen molar-refractivity contribution < 1.29 is 4.74 Å². The van der Waals surface area contributed by atoms with Crippen molar-refractivity contribution in [3.05, 3.63) is 42.2 Å². The smallest absolute Gasteiger partial charge is 0.141 e. The van der Waals surface area contributed by atoms with Gasteiger partial charge in [-0.1, -0.05) is 12.1 Å². The molecule has 4 nitrogen and oxygen atoms in total. The van der Waals surface area contributed by atoms with Crippen molar-refractivity contribution in [2.75, 3.05) is 12.4 Å². The van der Waals surface area contributed by atoms with Crippen molar-refractivity contribution in [3.8, 4) is 5.75 Å². The summed E-state index contributed by atoms with van der Waals surface area (Å²) in [5.41, 5.74) is 2.14. The Morgan fingerprint density at radius 1 is 1.35 bits per heavy atom. The molecule has 0 fully saturated rings. The van der Waals surface area contributed by atoms with E-state index in [9.17, 15) is 0 Å². The molecule has 1 aromatic heterocycles. The molecule has 1 aromatic carbocycles. The van der Waals surface area contributed by atoms with E-state index in [0.717, 1.165) is 17.0 Å². The fourth-order valence-corrected chi connectivity index (χ4v) is 1.74. The lowest BCUT2D eigenvalue weighted by molar-refractivity contribution is 0.416. The summed E-state index contributed by atoms with van der Waals surface area (Å²) < 4.78 is 7.11. The van der Waals surface area contributed by atoms with Crippen LogP contribution in [0.15, 0.2) is 36.7 Å². The summed E-state index contributed by atoms with van der Waals surface area (Å²) in [4.78, 5) is 0. The zero-order chi connectivity index (χ0) is 12.3. The van der Waals surface area contributed by atoms with Crippen molar-refractivity contribution in [1.29, 1.82) is 0 Å². The van der Waals surface area contributed by atoms with Gasteiger partial charge in [-0.2, -0.15) is 5.10 Å². The highest BCUT2D eigenvalue weighted by Crippen LogP contribution is 2.27. The zero-order valence-electron chi connectivity index (χ0n) is 10.3. The lowest BCUT2D eigenvalue weighted by Gasteiger charge is -2.16. The number of nitrogens with zero attached hydrogens (tertiary/aromatic N) is 2. The Morgan fingerprint density at radius 2 is 2.12 bits per heavy atom. The van der Waals surface area contributed by atoms with E-state index in [2.05, 4.69) is 17.3 Å². The van der Waals surface area contributed by atoms with Gasteiger partial charge < -0.3 is 10.1 Å². The summed E-state index contributed by atoms with van der Waals surface area (Å²) in [6.45, 7) is 2.10. The van der Waals surface area contributed by atoms with Crippen LogP contribution < -0.4 is 10.1 Å². The average molecular weight is 231 g/mol. The van der Waals surface area contributed by atoms with Crippen LogP contribution in [0.5, 0.6) is 5.75 Å². The largest absolute Gasteiger partial charge is 0.495 e. The second-order valence-electron chi connectivity index (χ2n) is 4.01. The number of ether oxygens (including phenoxy) is 1. The van der Waals surface area contributed by atoms with Crippen LogP contribution in [-0.2, 0) is 7.05 Å². The molecular weight excluding hydrogens is 214 g/mol. The summed E-state index contributed by atoms with van der Waals surface area (Å²) in [6.07, 6.45) is 3.88. The molecule has 0 amide bonds. The molecule has 1 heterocycles. The minimum Gasteiger partial charge on any atom is -0.495 e. The second-order valence-corrected chi connectivity index (χ2v) is 4.01. The molecule has 0 saturated heterocycles. The maximum atomic E-state index is 5.30. The van der Waals surface area contributed by atoms with Gasteiger partial charge >= 0.3 is 0 Å². The number of hydrogen-bond donors (Lipinski definition) is 1. The van der Waals surface area contributed by atoms with Crippen LogP contribution in [0, 0.1) is 0 Å². The van der Waals surface area contributed by atoms with E-state index < -0.39 is 0 Å². The summed E-state index contributed by atoms with van der Waals surface area (Å²) >= 11 is 0. The molecule has 0 aliphatic rings. The number of methoxy groups -OCH3 is 1. The number of benzene rings is 1. The molecule has 0 radical (unpaired) electrons. The first-order chi connectivity index (χ1) is 8.20. The normalized spacial score (nSPS) is 12.2. The Balaban J connectivity index is 2.15. The highest BCUT2D eigenvalue weighted by atomic mass is 16.5. The third kappa shape index (κ3) is 2.58. The first kappa shape index (κ1) is 11.5. The number of para-hydroxylation sites is 2. The molecule has 0 aliphatic heterocycles. The van der Waals surface area contributed by atoms with Crippen molar-refractivity contribution in [3.63, 3.8) is 0 Å². The van der Waals surface area contributed by atoms with E-state index in [0.29, 0.717) is 0 Å². The Hall–Kier alpha value is -1.97. The number of aromatic nitrogens is 2. The van der Waals surface area contributed by atoms with Crippen molar-refractivity contribution in [2.45, 2.75) is 13.0 Å². The Kier molecular flexibility index (Phi) is 3.32. The second kappa shape index (κ2) is 4.91. The Morgan fingerprint density at radius 3 is 2.76 bits per heavy atom. The summed E-state index contributed by atoms with van der Waals surface area (Å²) in [5.74, 6) is 0.850. The third-order valence-electron chi connectivity index (χ3n) is 2.70. The highest BCUT2D eigenvalue weighted by molar-refractivity contribution is 5.57. The van der Waals surface area contributed by atoms with Gasteiger partial charge in [0.1, 0.15) is 5.75 Å². The van der Waals surface area contributed by atoms with E-state index >= 15 is 0 Å². The molecule has 0 bridgehead atoms. The SMILES string of the molecule is COc1ccccc1NC(C)c1cnn(C)c1. The summed E-state index contributed by atoms with van der Waals surface area (Å²) in [5, 5.41) is 7.58. The number of anilines is 1. The highest BCUT2D eigenvalue weighted by Gasteiger charge is 2.09. The van der Waals surface area contributed by atoms with Gasteiger partial charge in [0.2, 0.25) is 0 Å². The first-order valence-corrected chi connectivity index (χ1v) is 5.59. The summed E-state index contributed by atoms with van der Waals surface area (Å²) in [6, 6.07) is 8.09. The quantitative estimate of drug-likeness (QED) is 0.879. The monoisotopic (exact) mass is 231 g/mol. The average Bonchev–Trinajstić information content (AvgIpc) is 2.77. The van der Waals surface area contributed by atoms with E-state index in [1.807, 2.05) is 43.7 Å². The minimum atomic E-state index is 0.194. The van der Waals surface area contributed by atoms with Crippen LogP contribution in [0.2, 0.25) is 0 Å². The topological polar surface area (TPSA) is 39.1 Å². The van der Waals surface area contributed by atoms with Gasteiger partial charge in [0, 0.05) is 18.8 Å². The first-order valence-electron chi connectivity index (χ1n) is 5.59. The molecule has 0 aliphatic carbocycles. The number of nitrogens with one attached hydrogen (secondary N) is 1. The summed E-state index contributed by atoms with van der Waals surface area (Å²) in [7, 11) is 3.59. The predicted molar refractivity (Wildman–Crippen MR) is 68.2 cm³/mol. The van der Waals surface area contributed by atoms with E-state index in [4.69, 9.17) is 4.74 Å². The van der Waals surface area contributed by atoms with Crippen LogP contribution >= 0.6 is 0 Å². The number of rotatable bonds is 4. The van der Waals surface area contributed by atoms with Gasteiger partial charge in [0.15, 0.2) is 0 Å². The molecule has 2 aromatic rings. The molecule has 2 rings (SSSR count). The lowest BCUT2D eigenvalue weighted by atomic mass is 10.1. The van der Waals surface area contributed by atoms with Gasteiger partial charge in [0.05, 0.1) is 25.0 Å². The van der Waals surface area contributed by atoms with E-state index in [1.165, 1.54) is 0 Å². The minimum absolute atomic E-state index is 0.194. The predicted octanol–water partition coefficient (Wildman–Crippen LogP) is 2.60. The molecule has 90 valence electrons. The van der Waals surface area contributed by atoms with Crippen LogP contribution in [0.4, 0.5) is 5.69 Å². The van der Waals surface area contributed by atoms with Gasteiger partial charge in [0.25, 0.3) is 0 Å². The third-order valence-corrected chi connectivity index (χ3v) is 2.70. The van der Waals surface area contributed by atoms with Gasteiger partial charge in [-0.25, -0.2) is 0 Å².